The van der Waals surface area contributed by atoms with Gasteiger partial charge in [-0.3, -0.25) is 4.99 Å². The fourth-order valence-electron chi connectivity index (χ4n) is 1.72. The van der Waals surface area contributed by atoms with E-state index in [4.69, 9.17) is 0 Å². The standard InChI is InChI=1S/C14H15N/c1-11-6-5-7-12(2)14(11)15-10-13-8-3-4-9-13/h3-10,13H,1-2H3. The lowest BCUT2D eigenvalue weighted by molar-refractivity contribution is 1.19. The molecule has 1 nitrogen and oxygen atoms in total. The largest absolute Gasteiger partial charge is 0.260 e. The van der Waals surface area contributed by atoms with E-state index in [0.29, 0.717) is 5.92 Å². The average Bonchev–Trinajstić information content (AvgIpc) is 2.70. The first kappa shape index (κ1) is 9.91. The number of hydrogen-bond acceptors (Lipinski definition) is 1. The van der Waals surface area contributed by atoms with Crippen molar-refractivity contribution in [3.63, 3.8) is 0 Å². The molecular weight excluding hydrogens is 182 g/mol. The highest BCUT2D eigenvalue weighted by Crippen LogP contribution is 2.23. The van der Waals surface area contributed by atoms with Crippen LogP contribution in [0, 0.1) is 19.8 Å². The molecule has 0 atom stereocenters. The van der Waals surface area contributed by atoms with Crippen LogP contribution in [0.1, 0.15) is 11.1 Å². The van der Waals surface area contributed by atoms with Crippen LogP contribution < -0.4 is 0 Å². The molecule has 1 aliphatic carbocycles. The Hall–Kier alpha value is -1.63. The average molecular weight is 197 g/mol. The van der Waals surface area contributed by atoms with Crippen molar-refractivity contribution in [1.82, 2.24) is 0 Å². The van der Waals surface area contributed by atoms with Crippen molar-refractivity contribution < 1.29 is 0 Å². The van der Waals surface area contributed by atoms with Crippen molar-refractivity contribution in [3.8, 4) is 0 Å². The van der Waals surface area contributed by atoms with E-state index in [9.17, 15) is 0 Å². The van der Waals surface area contributed by atoms with E-state index < -0.39 is 0 Å². The monoisotopic (exact) mass is 197 g/mol. The molecule has 0 N–H and O–H groups in total. The quantitative estimate of drug-likeness (QED) is 0.640. The second-order valence-corrected chi connectivity index (χ2v) is 3.87. The molecule has 0 amide bonds. The van der Waals surface area contributed by atoms with E-state index in [2.05, 4.69) is 61.3 Å². The van der Waals surface area contributed by atoms with Crippen molar-refractivity contribution in [2.75, 3.05) is 0 Å². The third-order valence-corrected chi connectivity index (χ3v) is 2.59. The number of nitrogens with zero attached hydrogens (tertiary/aromatic N) is 1. The van der Waals surface area contributed by atoms with Crippen LogP contribution >= 0.6 is 0 Å². The van der Waals surface area contributed by atoms with Gasteiger partial charge in [0, 0.05) is 12.1 Å². The predicted molar refractivity (Wildman–Crippen MR) is 65.8 cm³/mol. The van der Waals surface area contributed by atoms with Gasteiger partial charge < -0.3 is 0 Å². The van der Waals surface area contributed by atoms with Gasteiger partial charge in [0.25, 0.3) is 0 Å². The molecule has 1 aromatic carbocycles. The fourth-order valence-corrected chi connectivity index (χ4v) is 1.72. The zero-order valence-corrected chi connectivity index (χ0v) is 9.14. The minimum absolute atomic E-state index is 0.365. The Morgan fingerprint density at radius 1 is 1.07 bits per heavy atom. The van der Waals surface area contributed by atoms with Gasteiger partial charge in [0.15, 0.2) is 0 Å². The first-order valence-corrected chi connectivity index (χ1v) is 5.23. The summed E-state index contributed by atoms with van der Waals surface area (Å²) >= 11 is 0. The van der Waals surface area contributed by atoms with Gasteiger partial charge in [-0.25, -0.2) is 0 Å². The maximum absolute atomic E-state index is 4.56. The summed E-state index contributed by atoms with van der Waals surface area (Å²) in [5.41, 5.74) is 3.57. The van der Waals surface area contributed by atoms with Crippen LogP contribution in [0.4, 0.5) is 5.69 Å². The van der Waals surface area contributed by atoms with Crippen molar-refractivity contribution in [3.05, 3.63) is 53.6 Å². The summed E-state index contributed by atoms with van der Waals surface area (Å²) in [6.45, 7) is 4.19. The third-order valence-electron chi connectivity index (χ3n) is 2.59. The minimum Gasteiger partial charge on any atom is -0.260 e. The summed E-state index contributed by atoms with van der Waals surface area (Å²) in [6.07, 6.45) is 10.4. The number of allylic oxidation sites excluding steroid dienone is 4. The first-order chi connectivity index (χ1) is 7.27. The van der Waals surface area contributed by atoms with Crippen LogP contribution in [0.25, 0.3) is 0 Å². The Morgan fingerprint density at radius 2 is 1.67 bits per heavy atom. The normalized spacial score (nSPS) is 15.6. The Morgan fingerprint density at radius 3 is 2.27 bits per heavy atom. The van der Waals surface area contributed by atoms with Gasteiger partial charge in [-0.05, 0) is 25.0 Å². The summed E-state index contributed by atoms with van der Waals surface area (Å²) in [7, 11) is 0. The van der Waals surface area contributed by atoms with E-state index in [1.807, 2.05) is 6.21 Å². The topological polar surface area (TPSA) is 12.4 Å². The second kappa shape index (κ2) is 4.26. The maximum atomic E-state index is 4.56. The lowest BCUT2D eigenvalue weighted by Gasteiger charge is -2.04. The smallest absolute Gasteiger partial charge is 0.0684 e. The summed E-state index contributed by atoms with van der Waals surface area (Å²) in [5, 5.41) is 0. The molecule has 0 bridgehead atoms. The highest BCUT2D eigenvalue weighted by atomic mass is 14.7. The van der Waals surface area contributed by atoms with Crippen molar-refractivity contribution in [2.24, 2.45) is 10.9 Å². The second-order valence-electron chi connectivity index (χ2n) is 3.87. The van der Waals surface area contributed by atoms with Gasteiger partial charge in [-0.15, -0.1) is 0 Å². The van der Waals surface area contributed by atoms with Crippen LogP contribution in [0.2, 0.25) is 0 Å². The first-order valence-electron chi connectivity index (χ1n) is 5.23. The molecule has 0 saturated carbocycles. The van der Waals surface area contributed by atoms with Crippen LogP contribution in [0.3, 0.4) is 0 Å². The molecule has 15 heavy (non-hydrogen) atoms. The van der Waals surface area contributed by atoms with Gasteiger partial charge >= 0.3 is 0 Å². The van der Waals surface area contributed by atoms with Gasteiger partial charge in [0.2, 0.25) is 0 Å². The summed E-state index contributed by atoms with van der Waals surface area (Å²) in [6, 6.07) is 6.26. The Kier molecular flexibility index (Phi) is 2.82. The van der Waals surface area contributed by atoms with Gasteiger partial charge in [-0.2, -0.15) is 0 Å². The minimum atomic E-state index is 0.365. The molecule has 1 heteroatoms. The zero-order valence-electron chi connectivity index (χ0n) is 9.14. The van der Waals surface area contributed by atoms with E-state index in [-0.39, 0.29) is 0 Å². The van der Waals surface area contributed by atoms with Crippen LogP contribution in [-0.4, -0.2) is 6.21 Å². The predicted octanol–water partition coefficient (Wildman–Crippen LogP) is 3.75. The molecule has 0 unspecified atom stereocenters. The molecule has 0 aliphatic heterocycles. The molecule has 0 fully saturated rings. The lowest BCUT2D eigenvalue weighted by Crippen LogP contribution is -1.90. The molecule has 1 aromatic rings. The Bertz CT molecular complexity index is 406. The van der Waals surface area contributed by atoms with Gasteiger partial charge in [0.05, 0.1) is 5.69 Å². The summed E-state index contributed by atoms with van der Waals surface area (Å²) in [5.74, 6) is 0.365. The summed E-state index contributed by atoms with van der Waals surface area (Å²) < 4.78 is 0. The summed E-state index contributed by atoms with van der Waals surface area (Å²) in [4.78, 5) is 4.56. The van der Waals surface area contributed by atoms with E-state index in [1.165, 1.54) is 11.1 Å². The molecule has 0 heterocycles. The van der Waals surface area contributed by atoms with Crippen molar-refractivity contribution in [1.29, 1.82) is 0 Å². The Labute approximate surface area is 90.9 Å². The number of aliphatic imine (C=N–C) groups is 1. The zero-order chi connectivity index (χ0) is 10.7. The van der Waals surface area contributed by atoms with Crippen LogP contribution in [0.15, 0.2) is 47.5 Å². The molecule has 1 aliphatic rings. The molecule has 2 rings (SSSR count). The van der Waals surface area contributed by atoms with Gasteiger partial charge in [0.1, 0.15) is 0 Å². The number of aryl methyl sites for hydroxylation is 2. The van der Waals surface area contributed by atoms with E-state index in [0.717, 1.165) is 5.69 Å². The fraction of sp³-hybridized carbons (Fsp3) is 0.214. The molecule has 0 aromatic heterocycles. The molecule has 0 radical (unpaired) electrons. The van der Waals surface area contributed by atoms with Crippen molar-refractivity contribution >= 4 is 11.9 Å². The van der Waals surface area contributed by atoms with E-state index >= 15 is 0 Å². The molecule has 0 saturated heterocycles. The van der Waals surface area contributed by atoms with Crippen LogP contribution in [0.5, 0.6) is 0 Å². The van der Waals surface area contributed by atoms with Crippen molar-refractivity contribution in [2.45, 2.75) is 13.8 Å². The van der Waals surface area contributed by atoms with Crippen LogP contribution in [-0.2, 0) is 0 Å². The number of rotatable bonds is 2. The Balaban J connectivity index is 2.23. The SMILES string of the molecule is Cc1cccc(C)c1N=CC1C=CC=C1. The van der Waals surface area contributed by atoms with Gasteiger partial charge in [-0.1, -0.05) is 42.5 Å². The van der Waals surface area contributed by atoms with E-state index in [1.54, 1.807) is 0 Å². The third kappa shape index (κ3) is 2.24. The molecule has 76 valence electrons. The number of benzene rings is 1. The molecular formula is C14H15N. The maximum Gasteiger partial charge on any atom is 0.0684 e. The lowest BCUT2D eigenvalue weighted by atomic mass is 10.1. The highest BCUT2D eigenvalue weighted by molar-refractivity contribution is 5.72. The highest BCUT2D eigenvalue weighted by Gasteiger charge is 2.01. The molecule has 0 spiro atoms. The number of hydrogen-bond donors (Lipinski definition) is 0. The number of para-hydroxylation sites is 1.